The highest BCUT2D eigenvalue weighted by Crippen LogP contribution is 1.65. The van der Waals surface area contributed by atoms with E-state index in [2.05, 4.69) is 10.2 Å². The highest BCUT2D eigenvalue weighted by atomic mass is 35.5. The number of aromatic amines is 2. The Balaban J connectivity index is 0.000000810. The lowest BCUT2D eigenvalue weighted by atomic mass is 10.5. The molecule has 0 aliphatic carbocycles. The van der Waals surface area contributed by atoms with Crippen molar-refractivity contribution in [1.82, 2.24) is 15.2 Å². The van der Waals surface area contributed by atoms with E-state index in [-0.39, 0.29) is 18.1 Å². The average Bonchev–Trinajstić information content (AvgIpc) is 1.80. The molecule has 0 atom stereocenters. The molecule has 1 rings (SSSR count). The fraction of sp³-hybridized carbons (Fsp3) is 0.250. The Bertz CT molecular complexity index is 315. The quantitative estimate of drug-likeness (QED) is 0.525. The van der Waals surface area contributed by atoms with E-state index < -0.39 is 11.2 Å². The van der Waals surface area contributed by atoms with Crippen molar-refractivity contribution in [1.29, 1.82) is 0 Å². The molecule has 1 heterocycles. The summed E-state index contributed by atoms with van der Waals surface area (Å²) in [6.07, 6.45) is 0. The molecule has 0 fully saturated rings. The largest absolute Gasteiger partial charge is 0.342 e. The molecule has 10 heavy (non-hydrogen) atoms. The van der Waals surface area contributed by atoms with Crippen LogP contribution < -0.4 is 11.2 Å². The number of rotatable bonds is 0. The second-order valence-corrected chi connectivity index (χ2v) is 1.59. The van der Waals surface area contributed by atoms with Crippen molar-refractivity contribution in [3.8, 4) is 0 Å². The monoisotopic (exact) mass is 163 g/mol. The number of nitrogens with one attached hydrogen (secondary N) is 2. The molecule has 0 aliphatic rings. The van der Waals surface area contributed by atoms with Crippen LogP contribution in [0.15, 0.2) is 9.59 Å². The van der Waals surface area contributed by atoms with Gasteiger partial charge in [-0.05, 0) is 6.92 Å². The second-order valence-electron chi connectivity index (χ2n) is 1.59. The van der Waals surface area contributed by atoms with Crippen LogP contribution >= 0.6 is 12.4 Å². The molecule has 0 saturated heterocycles. The van der Waals surface area contributed by atoms with E-state index in [9.17, 15) is 9.59 Å². The molecule has 0 aromatic carbocycles. The Hall–Kier alpha value is -1.10. The van der Waals surface area contributed by atoms with Crippen LogP contribution in [0.3, 0.4) is 0 Å². The molecule has 56 valence electrons. The molecule has 5 nitrogen and oxygen atoms in total. The van der Waals surface area contributed by atoms with Gasteiger partial charge in [0.2, 0.25) is 0 Å². The zero-order chi connectivity index (χ0) is 6.85. The Labute approximate surface area is 61.9 Å². The standard InChI is InChI=1S/C4H5N3O2.ClH/c1-2-3(8)5-4(9)7-6-2;/h1H3,(H2,5,7,8,9);1H. The number of H-pyrrole nitrogens is 2. The molecule has 0 amide bonds. The predicted molar refractivity (Wildman–Crippen MR) is 37.5 cm³/mol. The van der Waals surface area contributed by atoms with Gasteiger partial charge in [0.1, 0.15) is 5.69 Å². The van der Waals surface area contributed by atoms with E-state index in [1.165, 1.54) is 6.92 Å². The summed E-state index contributed by atoms with van der Waals surface area (Å²) < 4.78 is 0. The van der Waals surface area contributed by atoms with Gasteiger partial charge in [0.25, 0.3) is 5.56 Å². The first-order valence-electron chi connectivity index (χ1n) is 2.36. The van der Waals surface area contributed by atoms with Crippen LogP contribution in [0.2, 0.25) is 0 Å². The third-order valence-corrected chi connectivity index (χ3v) is 0.881. The first-order valence-corrected chi connectivity index (χ1v) is 2.36. The minimum Gasteiger partial charge on any atom is -0.271 e. The van der Waals surface area contributed by atoms with Gasteiger partial charge in [-0.1, -0.05) is 0 Å². The summed E-state index contributed by atoms with van der Waals surface area (Å²) in [6, 6.07) is 0. The summed E-state index contributed by atoms with van der Waals surface area (Å²) >= 11 is 0. The van der Waals surface area contributed by atoms with Crippen LogP contribution in [-0.2, 0) is 0 Å². The van der Waals surface area contributed by atoms with E-state index in [0.717, 1.165) is 0 Å². The molecule has 2 N–H and O–H groups in total. The van der Waals surface area contributed by atoms with Crippen LogP contribution in [0.5, 0.6) is 0 Å². The maximum absolute atomic E-state index is 10.5. The van der Waals surface area contributed by atoms with Crippen LogP contribution in [0.4, 0.5) is 0 Å². The van der Waals surface area contributed by atoms with Gasteiger partial charge in [-0.25, -0.2) is 9.89 Å². The molecule has 0 unspecified atom stereocenters. The van der Waals surface area contributed by atoms with Crippen molar-refractivity contribution in [3.63, 3.8) is 0 Å². The third kappa shape index (κ3) is 1.70. The molecule has 0 aliphatic heterocycles. The zero-order valence-corrected chi connectivity index (χ0v) is 5.99. The summed E-state index contributed by atoms with van der Waals surface area (Å²) in [5.74, 6) is 0. The Kier molecular flexibility index (Phi) is 2.82. The Morgan fingerprint density at radius 3 is 2.40 bits per heavy atom. The highest BCUT2D eigenvalue weighted by molar-refractivity contribution is 5.85. The minimum atomic E-state index is -0.578. The van der Waals surface area contributed by atoms with Gasteiger partial charge in [-0.15, -0.1) is 12.4 Å². The van der Waals surface area contributed by atoms with Gasteiger partial charge in [0, 0.05) is 0 Å². The van der Waals surface area contributed by atoms with E-state index in [1.54, 1.807) is 0 Å². The van der Waals surface area contributed by atoms with Gasteiger partial charge in [0.15, 0.2) is 0 Å². The fourth-order valence-electron chi connectivity index (χ4n) is 0.407. The molecule has 0 bridgehead atoms. The third-order valence-electron chi connectivity index (χ3n) is 0.881. The molecule has 0 spiro atoms. The zero-order valence-electron chi connectivity index (χ0n) is 5.17. The molecule has 1 aromatic heterocycles. The number of hydrogen-bond donors (Lipinski definition) is 2. The van der Waals surface area contributed by atoms with Gasteiger partial charge >= 0.3 is 5.69 Å². The minimum absolute atomic E-state index is 0. The SMILES string of the molecule is Cc1n[nH]c(=O)[nH]c1=O.Cl. The van der Waals surface area contributed by atoms with E-state index >= 15 is 0 Å². The van der Waals surface area contributed by atoms with Crippen molar-refractivity contribution in [2.75, 3.05) is 0 Å². The van der Waals surface area contributed by atoms with Crippen molar-refractivity contribution in [2.45, 2.75) is 6.92 Å². The van der Waals surface area contributed by atoms with Crippen molar-refractivity contribution >= 4 is 12.4 Å². The van der Waals surface area contributed by atoms with E-state index in [4.69, 9.17) is 0 Å². The van der Waals surface area contributed by atoms with Crippen molar-refractivity contribution in [2.24, 2.45) is 0 Å². The number of nitrogens with zero attached hydrogens (tertiary/aromatic N) is 1. The fourth-order valence-corrected chi connectivity index (χ4v) is 0.407. The average molecular weight is 164 g/mol. The molecule has 0 radical (unpaired) electrons. The van der Waals surface area contributed by atoms with Crippen LogP contribution in [0, 0.1) is 6.92 Å². The summed E-state index contributed by atoms with van der Waals surface area (Å²) in [4.78, 5) is 22.8. The van der Waals surface area contributed by atoms with E-state index in [0.29, 0.717) is 0 Å². The van der Waals surface area contributed by atoms with Crippen LogP contribution in [-0.4, -0.2) is 15.2 Å². The summed E-state index contributed by atoms with van der Waals surface area (Å²) in [5, 5.41) is 5.48. The predicted octanol–water partition coefficient (Wildman–Crippen LogP) is -0.812. The van der Waals surface area contributed by atoms with E-state index in [1.807, 2.05) is 4.98 Å². The normalized spacial score (nSPS) is 8.50. The maximum atomic E-state index is 10.5. The number of aryl methyl sites for hydroxylation is 1. The summed E-state index contributed by atoms with van der Waals surface area (Å²) in [7, 11) is 0. The molecule has 6 heteroatoms. The van der Waals surface area contributed by atoms with Gasteiger partial charge in [-0.3, -0.25) is 9.78 Å². The van der Waals surface area contributed by atoms with Gasteiger partial charge in [-0.2, -0.15) is 5.10 Å². The lowest BCUT2D eigenvalue weighted by molar-refractivity contribution is 0.853. The Morgan fingerprint density at radius 2 is 2.00 bits per heavy atom. The number of halogens is 1. The molecule has 0 saturated carbocycles. The smallest absolute Gasteiger partial charge is 0.271 e. The maximum Gasteiger partial charge on any atom is 0.342 e. The molecular formula is C4H6ClN3O2. The topological polar surface area (TPSA) is 78.6 Å². The van der Waals surface area contributed by atoms with Crippen LogP contribution in [0.1, 0.15) is 5.69 Å². The number of hydrogen-bond acceptors (Lipinski definition) is 3. The lowest BCUT2D eigenvalue weighted by Gasteiger charge is -1.83. The lowest BCUT2D eigenvalue weighted by Crippen LogP contribution is -2.25. The molecular weight excluding hydrogens is 158 g/mol. The summed E-state index contributed by atoms with van der Waals surface area (Å²) in [6.45, 7) is 1.51. The first kappa shape index (κ1) is 8.90. The van der Waals surface area contributed by atoms with Gasteiger partial charge < -0.3 is 0 Å². The van der Waals surface area contributed by atoms with Gasteiger partial charge in [0.05, 0.1) is 0 Å². The second kappa shape index (κ2) is 3.17. The number of aromatic nitrogens is 3. The van der Waals surface area contributed by atoms with Crippen LogP contribution in [0.25, 0.3) is 0 Å². The van der Waals surface area contributed by atoms with Crippen molar-refractivity contribution < 1.29 is 0 Å². The first-order chi connectivity index (χ1) is 4.20. The highest BCUT2D eigenvalue weighted by Gasteiger charge is 1.90. The summed E-state index contributed by atoms with van der Waals surface area (Å²) in [5.41, 5.74) is -0.765. The Morgan fingerprint density at radius 1 is 1.40 bits per heavy atom. The molecule has 1 aromatic rings. The van der Waals surface area contributed by atoms with Crippen molar-refractivity contribution in [3.05, 3.63) is 26.5 Å².